The van der Waals surface area contributed by atoms with Crippen LogP contribution in [0.15, 0.2) is 105 Å². The van der Waals surface area contributed by atoms with Crippen molar-refractivity contribution in [1.82, 2.24) is 5.32 Å². The minimum atomic E-state index is 0.949. The molecule has 0 heterocycles. The van der Waals surface area contributed by atoms with Gasteiger partial charge in [0.25, 0.3) is 0 Å². The maximum absolute atomic E-state index is 4.05. The lowest BCUT2D eigenvalue weighted by Gasteiger charge is -2.12. The first kappa shape index (κ1) is 33.4. The maximum atomic E-state index is 4.05. The van der Waals surface area contributed by atoms with Crippen LogP contribution in [0.4, 0.5) is 0 Å². The van der Waals surface area contributed by atoms with E-state index in [4.69, 9.17) is 0 Å². The summed E-state index contributed by atoms with van der Waals surface area (Å²) in [6, 6.07) is 25.5. The molecule has 3 rings (SSSR count). The molecule has 0 aliphatic heterocycles. The van der Waals surface area contributed by atoms with Crippen molar-refractivity contribution in [1.29, 1.82) is 0 Å². The summed E-state index contributed by atoms with van der Waals surface area (Å²) in [6.07, 6.45) is 5.72. The highest BCUT2D eigenvalue weighted by molar-refractivity contribution is 5.79. The van der Waals surface area contributed by atoms with Crippen LogP contribution in [0, 0.1) is 0 Å². The summed E-state index contributed by atoms with van der Waals surface area (Å²) in [5.74, 6) is 0. The van der Waals surface area contributed by atoms with E-state index < -0.39 is 0 Å². The molecule has 0 aliphatic rings. The molecule has 3 aromatic carbocycles. The van der Waals surface area contributed by atoms with Gasteiger partial charge in [0.2, 0.25) is 0 Å². The van der Waals surface area contributed by atoms with E-state index in [9.17, 15) is 0 Å². The van der Waals surface area contributed by atoms with Crippen LogP contribution < -0.4 is 5.32 Å². The Hall–Kier alpha value is -3.58. The van der Waals surface area contributed by atoms with Gasteiger partial charge in [0, 0.05) is 18.3 Å². The molecule has 0 spiro atoms. The molecule has 3 aromatic rings. The second-order valence-electron chi connectivity index (χ2n) is 8.43. The van der Waals surface area contributed by atoms with Crippen molar-refractivity contribution < 1.29 is 0 Å². The second-order valence-corrected chi connectivity index (χ2v) is 8.43. The van der Waals surface area contributed by atoms with Gasteiger partial charge in [0.05, 0.1) is 0 Å². The molecule has 37 heavy (non-hydrogen) atoms. The van der Waals surface area contributed by atoms with Crippen LogP contribution in [0.5, 0.6) is 0 Å². The van der Waals surface area contributed by atoms with Crippen LogP contribution >= 0.6 is 0 Å². The summed E-state index contributed by atoms with van der Waals surface area (Å²) in [4.78, 5) is 0. The Bertz CT molecular complexity index is 1100. The van der Waals surface area contributed by atoms with Crippen molar-refractivity contribution in [2.45, 2.75) is 60.8 Å². The van der Waals surface area contributed by atoms with Crippen molar-refractivity contribution in [3.8, 4) is 11.1 Å². The standard InChI is InChI=1S/C17H19N.C15H20.C2H6.C2H4/c1-4-14-9-11-15(12-10-14)17-8-6-5-7-16(17)13(2)18-3;1-5-8-13(4)11-14-9-6-7-10-15(14)12(2)3;2*1-2/h5-12,18H,2,4H2,1,3H3;6-7,9-11H,2,5,8H2,1,3-4H3;1-2H3;1-2H2/b;13-11+;;. The Labute approximate surface area is 228 Å². The van der Waals surface area contributed by atoms with Gasteiger partial charge in [-0.25, -0.2) is 0 Å². The Morgan fingerprint density at radius 1 is 0.784 bits per heavy atom. The normalized spacial score (nSPS) is 9.86. The molecule has 0 atom stereocenters. The van der Waals surface area contributed by atoms with Gasteiger partial charge in [-0.15, -0.1) is 13.2 Å². The van der Waals surface area contributed by atoms with Gasteiger partial charge >= 0.3 is 0 Å². The third-order valence-electron chi connectivity index (χ3n) is 5.69. The van der Waals surface area contributed by atoms with Crippen molar-refractivity contribution in [3.05, 3.63) is 127 Å². The summed E-state index contributed by atoms with van der Waals surface area (Å²) >= 11 is 0. The summed E-state index contributed by atoms with van der Waals surface area (Å²) in [7, 11) is 1.90. The SMILES string of the molecule is C=C.C=C(C)c1ccccc1/C=C(\C)CCC.C=C(NC)c1ccccc1-c1ccc(CC)cc1.CC. The summed E-state index contributed by atoms with van der Waals surface area (Å²) in [5.41, 5.74) is 11.0. The molecule has 0 amide bonds. The fourth-order valence-corrected chi connectivity index (χ4v) is 3.80. The van der Waals surface area contributed by atoms with Crippen LogP contribution in [0.2, 0.25) is 0 Å². The van der Waals surface area contributed by atoms with E-state index in [1.54, 1.807) is 0 Å². The molecule has 0 saturated carbocycles. The molecule has 0 radical (unpaired) electrons. The first-order valence-corrected chi connectivity index (χ1v) is 13.4. The smallest absolute Gasteiger partial charge is 0.0344 e. The van der Waals surface area contributed by atoms with Crippen molar-refractivity contribution in [3.63, 3.8) is 0 Å². The number of hydrogen-bond acceptors (Lipinski definition) is 1. The van der Waals surface area contributed by atoms with Crippen molar-refractivity contribution >= 4 is 17.3 Å². The molecule has 0 aromatic heterocycles. The zero-order valence-electron chi connectivity index (χ0n) is 24.5. The Balaban J connectivity index is 0.000000626. The maximum Gasteiger partial charge on any atom is 0.0344 e. The predicted octanol–water partition coefficient (Wildman–Crippen LogP) is 10.9. The monoisotopic (exact) mass is 495 g/mol. The van der Waals surface area contributed by atoms with Crippen LogP contribution in [0.25, 0.3) is 28.5 Å². The quantitative estimate of drug-likeness (QED) is 0.306. The van der Waals surface area contributed by atoms with Crippen LogP contribution in [0.1, 0.15) is 76.6 Å². The van der Waals surface area contributed by atoms with Gasteiger partial charge in [-0.3, -0.25) is 0 Å². The van der Waals surface area contributed by atoms with Crippen molar-refractivity contribution in [2.75, 3.05) is 7.05 Å². The van der Waals surface area contributed by atoms with Gasteiger partial charge in [-0.2, -0.15) is 0 Å². The first-order chi connectivity index (χ1) is 17.9. The van der Waals surface area contributed by atoms with Gasteiger partial charge in [-0.1, -0.05) is 137 Å². The molecule has 0 saturated heterocycles. The zero-order valence-corrected chi connectivity index (χ0v) is 24.5. The largest absolute Gasteiger partial charge is 0.388 e. The fraction of sp³-hybridized carbons (Fsp3) is 0.278. The molecule has 0 aliphatic carbocycles. The number of aryl methyl sites for hydroxylation is 1. The second kappa shape index (κ2) is 19.6. The van der Waals surface area contributed by atoms with Gasteiger partial charge in [0.1, 0.15) is 0 Å². The molecule has 1 nitrogen and oxygen atoms in total. The Kier molecular flexibility index (Phi) is 17.7. The van der Waals surface area contributed by atoms with Crippen LogP contribution in [-0.4, -0.2) is 7.05 Å². The number of rotatable bonds is 8. The van der Waals surface area contributed by atoms with Crippen molar-refractivity contribution in [2.24, 2.45) is 0 Å². The van der Waals surface area contributed by atoms with E-state index in [0.717, 1.165) is 23.3 Å². The fourth-order valence-electron chi connectivity index (χ4n) is 3.80. The molecule has 0 fully saturated rings. The Morgan fingerprint density at radius 2 is 1.32 bits per heavy atom. The van der Waals surface area contributed by atoms with E-state index in [0.29, 0.717) is 0 Å². The number of benzene rings is 3. The molecule has 1 heteroatoms. The molecule has 1 N–H and O–H groups in total. The number of nitrogens with one attached hydrogen (secondary N) is 1. The lowest BCUT2D eigenvalue weighted by Crippen LogP contribution is -2.04. The highest BCUT2D eigenvalue weighted by Crippen LogP contribution is 2.27. The minimum absolute atomic E-state index is 0.949. The minimum Gasteiger partial charge on any atom is -0.388 e. The average Bonchev–Trinajstić information content (AvgIpc) is 2.95. The molecule has 0 unspecified atom stereocenters. The molecular formula is C36H49N. The lowest BCUT2D eigenvalue weighted by atomic mass is 9.97. The average molecular weight is 496 g/mol. The zero-order chi connectivity index (χ0) is 28.2. The van der Waals surface area contributed by atoms with Gasteiger partial charge in [-0.05, 0) is 54.5 Å². The van der Waals surface area contributed by atoms with Gasteiger partial charge < -0.3 is 5.32 Å². The highest BCUT2D eigenvalue weighted by atomic mass is 14.8. The summed E-state index contributed by atoms with van der Waals surface area (Å²) in [5, 5.41) is 3.12. The van der Waals surface area contributed by atoms with E-state index >= 15 is 0 Å². The molecule has 0 bridgehead atoms. The molecule has 198 valence electrons. The van der Waals surface area contributed by atoms with E-state index in [1.807, 2.05) is 27.0 Å². The molecular weight excluding hydrogens is 446 g/mol. The third-order valence-corrected chi connectivity index (χ3v) is 5.69. The number of hydrogen-bond donors (Lipinski definition) is 1. The summed E-state index contributed by atoms with van der Waals surface area (Å²) < 4.78 is 0. The highest BCUT2D eigenvalue weighted by Gasteiger charge is 2.06. The third kappa shape index (κ3) is 11.3. The Morgan fingerprint density at radius 3 is 1.84 bits per heavy atom. The van der Waals surface area contributed by atoms with E-state index in [-0.39, 0.29) is 0 Å². The van der Waals surface area contributed by atoms with Gasteiger partial charge in [0.15, 0.2) is 0 Å². The first-order valence-electron chi connectivity index (χ1n) is 13.4. The summed E-state index contributed by atoms with van der Waals surface area (Å²) in [6.45, 7) is 26.7. The predicted molar refractivity (Wildman–Crippen MR) is 172 cm³/mol. The topological polar surface area (TPSA) is 12.0 Å². The number of allylic oxidation sites excluding steroid dienone is 2. The van der Waals surface area contributed by atoms with Crippen LogP contribution in [-0.2, 0) is 6.42 Å². The van der Waals surface area contributed by atoms with E-state index in [1.165, 1.54) is 46.2 Å². The van der Waals surface area contributed by atoms with Crippen LogP contribution in [0.3, 0.4) is 0 Å². The van der Waals surface area contributed by atoms with E-state index in [2.05, 4.69) is 132 Å². The lowest BCUT2D eigenvalue weighted by molar-refractivity contribution is 0.911.